The Hall–Kier alpha value is -3.09. The van der Waals surface area contributed by atoms with Gasteiger partial charge in [0.15, 0.2) is 11.5 Å². The third kappa shape index (κ3) is 2.79. The van der Waals surface area contributed by atoms with E-state index < -0.39 is 0 Å². The van der Waals surface area contributed by atoms with Gasteiger partial charge < -0.3 is 19.7 Å². The number of piperidine rings is 1. The predicted molar refractivity (Wildman–Crippen MR) is 95.6 cm³/mol. The van der Waals surface area contributed by atoms with E-state index in [1.807, 2.05) is 4.90 Å². The summed E-state index contributed by atoms with van der Waals surface area (Å²) in [4.78, 5) is 31.4. The van der Waals surface area contributed by atoms with E-state index in [1.165, 1.54) is 0 Å². The van der Waals surface area contributed by atoms with Gasteiger partial charge in [0.2, 0.25) is 6.79 Å². The fourth-order valence-electron chi connectivity index (χ4n) is 4.36. The second kappa shape index (κ2) is 6.26. The maximum atomic E-state index is 13.0. The van der Waals surface area contributed by atoms with Crippen LogP contribution in [0.3, 0.4) is 0 Å². The summed E-state index contributed by atoms with van der Waals surface area (Å²) in [6.45, 7) is 0.918. The maximum Gasteiger partial charge on any atom is 0.254 e. The topological polar surface area (TPSA) is 80.8 Å². The van der Waals surface area contributed by atoms with Crippen LogP contribution in [-0.4, -0.2) is 47.1 Å². The number of fused-ring (bicyclic) bond motifs is 3. The molecule has 1 N–H and O–H groups in total. The van der Waals surface area contributed by atoms with Gasteiger partial charge in [0.1, 0.15) is 0 Å². The Morgan fingerprint density at radius 2 is 2.00 bits per heavy atom. The van der Waals surface area contributed by atoms with Gasteiger partial charge in [0.05, 0.1) is 11.6 Å². The lowest BCUT2D eigenvalue weighted by Gasteiger charge is -2.33. The maximum absolute atomic E-state index is 13.0. The minimum Gasteiger partial charge on any atom is -0.454 e. The Bertz CT molecular complexity index is 901. The smallest absolute Gasteiger partial charge is 0.254 e. The van der Waals surface area contributed by atoms with E-state index in [4.69, 9.17) is 9.47 Å². The number of aromatic nitrogens is 1. The third-order valence-corrected chi connectivity index (χ3v) is 5.60. The Morgan fingerprint density at radius 3 is 2.81 bits per heavy atom. The summed E-state index contributed by atoms with van der Waals surface area (Å²) in [5.41, 5.74) is 1.12. The number of hydrogen-bond donors (Lipinski definition) is 1. The molecule has 0 spiro atoms. The van der Waals surface area contributed by atoms with Crippen LogP contribution in [0.5, 0.6) is 11.5 Å². The molecule has 1 aliphatic carbocycles. The molecule has 0 radical (unpaired) electrons. The standard InChI is InChI=1S/C20H19N3O4/c24-19(14-2-1-5-21-9-14)22-15-6-12-7-16(15)23(10-12)20(25)13-3-4-17-18(8-13)27-11-26-17/h1-5,8-9,12,15-16H,6-7,10-11H2,(H,22,24)/t12-,15+,16-/m1/s1. The molecule has 1 aromatic heterocycles. The number of carbonyl (C=O) groups is 2. The normalized spacial score (nSPS) is 24.9. The van der Waals surface area contributed by atoms with E-state index in [2.05, 4.69) is 10.3 Å². The third-order valence-electron chi connectivity index (χ3n) is 5.60. The minimum atomic E-state index is -0.142. The van der Waals surface area contributed by atoms with E-state index in [0.29, 0.717) is 28.5 Å². The number of nitrogens with zero attached hydrogens (tertiary/aromatic N) is 2. The van der Waals surface area contributed by atoms with Gasteiger partial charge in [0.25, 0.3) is 11.8 Å². The van der Waals surface area contributed by atoms with Crippen molar-refractivity contribution >= 4 is 11.8 Å². The van der Waals surface area contributed by atoms with Crippen molar-refractivity contribution in [3.63, 3.8) is 0 Å². The van der Waals surface area contributed by atoms with E-state index >= 15 is 0 Å². The first-order valence-electron chi connectivity index (χ1n) is 9.10. The lowest BCUT2D eigenvalue weighted by Crippen LogP contribution is -2.51. The lowest BCUT2D eigenvalue weighted by atomic mass is 10.0. The van der Waals surface area contributed by atoms with Gasteiger partial charge in [-0.15, -0.1) is 0 Å². The number of amides is 2. The summed E-state index contributed by atoms with van der Waals surface area (Å²) in [6, 6.07) is 8.75. The van der Waals surface area contributed by atoms with Crippen molar-refractivity contribution in [2.45, 2.75) is 24.9 Å². The molecule has 1 aromatic carbocycles. The summed E-state index contributed by atoms with van der Waals surface area (Å²) in [5, 5.41) is 3.09. The monoisotopic (exact) mass is 365 g/mol. The highest BCUT2D eigenvalue weighted by molar-refractivity contribution is 5.96. The van der Waals surface area contributed by atoms with Gasteiger partial charge in [-0.1, -0.05) is 0 Å². The highest BCUT2D eigenvalue weighted by atomic mass is 16.7. The van der Waals surface area contributed by atoms with Crippen molar-refractivity contribution in [3.8, 4) is 11.5 Å². The summed E-state index contributed by atoms with van der Waals surface area (Å²) in [6.07, 6.45) is 5.02. The van der Waals surface area contributed by atoms with E-state index in [-0.39, 0.29) is 30.7 Å². The molecule has 0 unspecified atom stereocenters. The Labute approximate surface area is 156 Å². The first-order valence-corrected chi connectivity index (χ1v) is 9.10. The summed E-state index contributed by atoms with van der Waals surface area (Å²) < 4.78 is 10.7. The van der Waals surface area contributed by atoms with Crippen LogP contribution in [0.1, 0.15) is 33.6 Å². The van der Waals surface area contributed by atoms with E-state index in [0.717, 1.165) is 19.4 Å². The number of nitrogens with one attached hydrogen (secondary N) is 1. The number of carbonyl (C=O) groups excluding carboxylic acids is 2. The van der Waals surface area contributed by atoms with Crippen molar-refractivity contribution in [1.82, 2.24) is 15.2 Å². The highest BCUT2D eigenvalue weighted by Crippen LogP contribution is 2.40. The molecule has 1 saturated heterocycles. The van der Waals surface area contributed by atoms with Gasteiger partial charge in [-0.05, 0) is 49.1 Å². The van der Waals surface area contributed by atoms with Crippen molar-refractivity contribution in [2.75, 3.05) is 13.3 Å². The fraction of sp³-hybridized carbons (Fsp3) is 0.350. The zero-order valence-corrected chi connectivity index (χ0v) is 14.6. The summed E-state index contributed by atoms with van der Waals surface area (Å²) >= 11 is 0. The van der Waals surface area contributed by atoms with Crippen LogP contribution < -0.4 is 14.8 Å². The minimum absolute atomic E-state index is 0.0218. The molecule has 27 heavy (non-hydrogen) atoms. The molecule has 5 rings (SSSR count). The number of benzene rings is 1. The van der Waals surface area contributed by atoms with E-state index in [1.54, 1.807) is 42.7 Å². The average Bonchev–Trinajstić information content (AvgIpc) is 3.42. The lowest BCUT2D eigenvalue weighted by molar-refractivity contribution is 0.0648. The molecular formula is C20H19N3O4. The zero-order valence-electron chi connectivity index (χ0n) is 14.6. The van der Waals surface area contributed by atoms with Crippen LogP contribution in [-0.2, 0) is 0 Å². The van der Waals surface area contributed by atoms with Crippen LogP contribution in [0.15, 0.2) is 42.7 Å². The van der Waals surface area contributed by atoms with Crippen LogP contribution in [0.25, 0.3) is 0 Å². The molecule has 2 bridgehead atoms. The molecule has 3 heterocycles. The molecule has 3 aliphatic rings. The fourth-order valence-corrected chi connectivity index (χ4v) is 4.36. The number of likely N-dealkylation sites (tertiary alicyclic amines) is 1. The Morgan fingerprint density at radius 1 is 1.11 bits per heavy atom. The molecule has 2 aliphatic heterocycles. The largest absolute Gasteiger partial charge is 0.454 e. The first kappa shape index (κ1) is 16.1. The molecule has 3 atom stereocenters. The van der Waals surface area contributed by atoms with Crippen molar-refractivity contribution < 1.29 is 19.1 Å². The Kier molecular flexibility index (Phi) is 3.74. The SMILES string of the molecule is O=C(N[C@H]1C[C@@H]2C[C@H]1N(C(=O)c1ccc3c(c1)OCO3)C2)c1cccnc1. The second-order valence-electron chi connectivity index (χ2n) is 7.25. The molecule has 2 amide bonds. The number of rotatable bonds is 3. The average molecular weight is 365 g/mol. The molecule has 7 heteroatoms. The summed E-state index contributed by atoms with van der Waals surface area (Å²) in [7, 11) is 0. The van der Waals surface area contributed by atoms with Crippen LogP contribution in [0.2, 0.25) is 0 Å². The van der Waals surface area contributed by atoms with Crippen LogP contribution in [0.4, 0.5) is 0 Å². The second-order valence-corrected chi connectivity index (χ2v) is 7.25. The van der Waals surface area contributed by atoms with E-state index in [9.17, 15) is 9.59 Å². The number of ether oxygens (including phenoxy) is 2. The quantitative estimate of drug-likeness (QED) is 0.898. The van der Waals surface area contributed by atoms with Gasteiger partial charge in [-0.2, -0.15) is 0 Å². The van der Waals surface area contributed by atoms with Crippen molar-refractivity contribution in [1.29, 1.82) is 0 Å². The molecule has 2 aromatic rings. The number of hydrogen-bond acceptors (Lipinski definition) is 5. The van der Waals surface area contributed by atoms with Gasteiger partial charge in [-0.3, -0.25) is 14.6 Å². The van der Waals surface area contributed by atoms with Gasteiger partial charge >= 0.3 is 0 Å². The van der Waals surface area contributed by atoms with Crippen LogP contribution in [0, 0.1) is 5.92 Å². The predicted octanol–water partition coefficient (Wildman–Crippen LogP) is 1.84. The molecule has 138 valence electrons. The van der Waals surface area contributed by atoms with Gasteiger partial charge in [0, 0.05) is 30.5 Å². The highest BCUT2D eigenvalue weighted by Gasteiger charge is 2.47. The summed E-state index contributed by atoms with van der Waals surface area (Å²) in [5.74, 6) is 1.52. The van der Waals surface area contributed by atoms with Crippen LogP contribution >= 0.6 is 0 Å². The van der Waals surface area contributed by atoms with Crippen molar-refractivity contribution in [3.05, 3.63) is 53.9 Å². The molecule has 2 fully saturated rings. The molecule has 1 saturated carbocycles. The van der Waals surface area contributed by atoms with Crippen molar-refractivity contribution in [2.24, 2.45) is 5.92 Å². The molecule has 7 nitrogen and oxygen atoms in total. The Balaban J connectivity index is 1.32. The zero-order chi connectivity index (χ0) is 18.4. The number of pyridine rings is 1. The first-order chi connectivity index (χ1) is 13.2. The molecular weight excluding hydrogens is 346 g/mol. The van der Waals surface area contributed by atoms with Gasteiger partial charge in [-0.25, -0.2) is 0 Å².